The maximum absolute atomic E-state index is 8.11. The van der Waals surface area contributed by atoms with Crippen LogP contribution in [0, 0.1) is 5.92 Å². The Hall–Kier alpha value is 0.387. The van der Waals surface area contributed by atoms with E-state index in [9.17, 15) is 0 Å². The number of nitrogens with two attached hydrogens (primary N) is 1. The molecule has 0 rings (SSSR count). The number of halogens is 1. The summed E-state index contributed by atoms with van der Waals surface area (Å²) in [5, 5.41) is 16.0. The number of unbranched alkanes of at least 4 members (excludes halogenated alkanes) is 12. The van der Waals surface area contributed by atoms with E-state index < -0.39 is 14.2 Å². The topological polar surface area (TPSA) is 66.5 Å². The van der Waals surface area contributed by atoms with Gasteiger partial charge >= 0.3 is 0 Å². The summed E-state index contributed by atoms with van der Waals surface area (Å²) >= 11 is 0. The minimum Gasteiger partial charge on any atom is -0.394 e. The zero-order valence-electron chi connectivity index (χ0n) is 24.5. The second-order valence-corrected chi connectivity index (χ2v) is 18.2. The number of aliphatic hydroxyl groups is 2. The maximum atomic E-state index is 8.11. The normalized spacial score (nSPS) is 13.6. The molecule has 0 aromatic rings. The standard InChI is InChI=1S/C26H57NSi.C3H8O2.ClH/c1-7-8-9-10-11-12-13-14-15-16-17-18-19-21-25(24-26(2,3)27)22-20-23-28(4,5)6;1-3(5)2-4;/h25H,7-24,27H2,1-6H3;3-5H,2H2,1H3;1H. The van der Waals surface area contributed by atoms with Crippen LogP contribution in [0.2, 0.25) is 25.7 Å². The molecule has 210 valence electrons. The smallest absolute Gasteiger partial charge is 0.0742 e. The number of rotatable bonds is 21. The minimum absolute atomic E-state index is 0. The van der Waals surface area contributed by atoms with Gasteiger partial charge in [-0.15, -0.1) is 12.4 Å². The molecule has 0 amide bonds. The van der Waals surface area contributed by atoms with Crippen molar-refractivity contribution in [2.45, 2.75) is 174 Å². The van der Waals surface area contributed by atoms with Gasteiger partial charge in [-0.25, -0.2) is 0 Å². The third kappa shape index (κ3) is 36.9. The van der Waals surface area contributed by atoms with E-state index in [-0.39, 0.29) is 24.6 Å². The number of aliphatic hydroxyl groups excluding tert-OH is 2. The average Bonchev–Trinajstić information content (AvgIpc) is 2.69. The van der Waals surface area contributed by atoms with E-state index in [1.54, 1.807) is 0 Å². The lowest BCUT2D eigenvalue weighted by Crippen LogP contribution is -2.34. The fraction of sp³-hybridized carbons (Fsp3) is 1.00. The van der Waals surface area contributed by atoms with Gasteiger partial charge in [-0.05, 0) is 33.1 Å². The zero-order chi connectivity index (χ0) is 25.6. The predicted octanol–water partition coefficient (Wildman–Crippen LogP) is 9.11. The van der Waals surface area contributed by atoms with Gasteiger partial charge in [0.1, 0.15) is 0 Å². The highest BCUT2D eigenvalue weighted by atomic mass is 35.5. The summed E-state index contributed by atoms with van der Waals surface area (Å²) in [5.74, 6) is 0.851. The Labute approximate surface area is 222 Å². The SMILES string of the molecule is CC(O)CO.CCCCCCCCCCCCCCCC(CCC[Si](C)(C)C)CC(C)(C)N.Cl. The quantitative estimate of drug-likeness (QED) is 0.104. The highest BCUT2D eigenvalue weighted by molar-refractivity contribution is 6.76. The summed E-state index contributed by atoms with van der Waals surface area (Å²) in [7, 11) is -0.886. The maximum Gasteiger partial charge on any atom is 0.0742 e. The molecule has 4 N–H and O–H groups in total. The van der Waals surface area contributed by atoms with Gasteiger partial charge in [0.05, 0.1) is 12.7 Å². The molecule has 34 heavy (non-hydrogen) atoms. The molecule has 0 aliphatic heterocycles. The molecule has 0 aromatic heterocycles. The van der Waals surface area contributed by atoms with Crippen molar-refractivity contribution in [3.63, 3.8) is 0 Å². The van der Waals surface area contributed by atoms with Crippen molar-refractivity contribution in [2.75, 3.05) is 6.61 Å². The molecule has 0 aliphatic carbocycles. The van der Waals surface area contributed by atoms with Crippen LogP contribution in [0.3, 0.4) is 0 Å². The molecule has 0 aliphatic rings. The van der Waals surface area contributed by atoms with Crippen LogP contribution in [0.1, 0.15) is 137 Å². The van der Waals surface area contributed by atoms with Gasteiger partial charge in [-0.3, -0.25) is 0 Å². The fourth-order valence-corrected chi connectivity index (χ4v) is 5.73. The number of hydrogen-bond acceptors (Lipinski definition) is 3. The zero-order valence-corrected chi connectivity index (χ0v) is 26.3. The first-order valence-corrected chi connectivity index (χ1v) is 18.2. The van der Waals surface area contributed by atoms with Gasteiger partial charge in [0, 0.05) is 13.6 Å². The van der Waals surface area contributed by atoms with Crippen molar-refractivity contribution >= 4 is 20.5 Å². The summed E-state index contributed by atoms with van der Waals surface area (Å²) < 4.78 is 0. The summed E-state index contributed by atoms with van der Waals surface area (Å²) in [4.78, 5) is 0. The molecular weight excluding hydrogens is 458 g/mol. The molecule has 0 aromatic carbocycles. The summed E-state index contributed by atoms with van der Waals surface area (Å²) in [6.45, 7) is 15.6. The summed E-state index contributed by atoms with van der Waals surface area (Å²) in [5.41, 5.74) is 6.35. The van der Waals surface area contributed by atoms with Gasteiger partial charge < -0.3 is 15.9 Å². The number of hydrogen-bond donors (Lipinski definition) is 3. The second kappa shape index (κ2) is 25.1. The first-order chi connectivity index (χ1) is 15.4. The molecule has 5 heteroatoms. The van der Waals surface area contributed by atoms with Crippen LogP contribution in [-0.4, -0.2) is 36.5 Å². The van der Waals surface area contributed by atoms with Crippen LogP contribution in [0.4, 0.5) is 0 Å². The first-order valence-electron chi connectivity index (χ1n) is 14.5. The Morgan fingerprint density at radius 2 is 1.09 bits per heavy atom. The van der Waals surface area contributed by atoms with E-state index >= 15 is 0 Å². The van der Waals surface area contributed by atoms with Gasteiger partial charge in [-0.1, -0.05) is 135 Å². The molecule has 0 bridgehead atoms. The average molecular weight is 524 g/mol. The van der Waals surface area contributed by atoms with E-state index in [0.29, 0.717) is 0 Å². The van der Waals surface area contributed by atoms with Crippen LogP contribution < -0.4 is 5.73 Å². The van der Waals surface area contributed by atoms with Gasteiger partial charge in [0.25, 0.3) is 0 Å². The molecule has 0 saturated carbocycles. The molecule has 2 unspecified atom stereocenters. The lowest BCUT2D eigenvalue weighted by Gasteiger charge is -2.27. The third-order valence-corrected chi connectivity index (χ3v) is 8.19. The second-order valence-electron chi connectivity index (χ2n) is 12.6. The Morgan fingerprint density at radius 1 is 0.735 bits per heavy atom. The molecule has 3 nitrogen and oxygen atoms in total. The highest BCUT2D eigenvalue weighted by Crippen LogP contribution is 2.27. The third-order valence-electron chi connectivity index (χ3n) is 6.33. The molecule has 0 fully saturated rings. The molecule has 0 saturated heterocycles. The van der Waals surface area contributed by atoms with Gasteiger partial charge in [0.2, 0.25) is 0 Å². The molecule has 0 radical (unpaired) electrons. The summed E-state index contributed by atoms with van der Waals surface area (Å²) in [6, 6.07) is 1.48. The molecule has 0 spiro atoms. The van der Waals surface area contributed by atoms with Crippen LogP contribution >= 0.6 is 12.4 Å². The van der Waals surface area contributed by atoms with Crippen molar-refractivity contribution in [3.05, 3.63) is 0 Å². The predicted molar refractivity (Wildman–Crippen MR) is 160 cm³/mol. The van der Waals surface area contributed by atoms with Gasteiger partial charge in [-0.2, -0.15) is 0 Å². The van der Waals surface area contributed by atoms with E-state index in [0.717, 1.165) is 5.92 Å². The lowest BCUT2D eigenvalue weighted by atomic mass is 9.85. The van der Waals surface area contributed by atoms with Crippen LogP contribution in [-0.2, 0) is 0 Å². The van der Waals surface area contributed by atoms with Gasteiger partial charge in [0.15, 0.2) is 0 Å². The monoisotopic (exact) mass is 523 g/mol. The van der Waals surface area contributed by atoms with E-state index in [2.05, 4.69) is 40.4 Å². The van der Waals surface area contributed by atoms with Crippen molar-refractivity contribution in [3.8, 4) is 0 Å². The van der Waals surface area contributed by atoms with E-state index in [4.69, 9.17) is 15.9 Å². The Kier molecular flexibility index (Phi) is 28.7. The van der Waals surface area contributed by atoms with E-state index in [1.165, 1.54) is 122 Å². The van der Waals surface area contributed by atoms with Crippen molar-refractivity contribution in [2.24, 2.45) is 11.7 Å². The Bertz CT molecular complexity index is 395. The van der Waals surface area contributed by atoms with Crippen molar-refractivity contribution in [1.29, 1.82) is 0 Å². The minimum atomic E-state index is -0.886. The van der Waals surface area contributed by atoms with Crippen LogP contribution in [0.5, 0.6) is 0 Å². The fourth-order valence-electron chi connectivity index (χ4n) is 4.46. The highest BCUT2D eigenvalue weighted by Gasteiger charge is 2.20. The molecule has 0 heterocycles. The van der Waals surface area contributed by atoms with Crippen LogP contribution in [0.25, 0.3) is 0 Å². The van der Waals surface area contributed by atoms with Crippen molar-refractivity contribution < 1.29 is 10.2 Å². The Morgan fingerprint density at radius 3 is 1.41 bits per heavy atom. The first kappa shape index (κ1) is 38.9. The van der Waals surface area contributed by atoms with Crippen LogP contribution in [0.15, 0.2) is 0 Å². The van der Waals surface area contributed by atoms with E-state index in [1.807, 2.05) is 0 Å². The lowest BCUT2D eigenvalue weighted by molar-refractivity contribution is 0.110. The Balaban J connectivity index is -0.00000144. The largest absolute Gasteiger partial charge is 0.394 e. The molecular formula is C29H66ClNO2Si. The summed E-state index contributed by atoms with van der Waals surface area (Å²) in [6.07, 6.45) is 23.7. The molecule has 2 atom stereocenters. The van der Waals surface area contributed by atoms with Crippen molar-refractivity contribution in [1.82, 2.24) is 0 Å².